The molecule has 0 heterocycles. The van der Waals surface area contributed by atoms with Crippen LogP contribution in [0, 0.1) is 11.7 Å². The fourth-order valence-electron chi connectivity index (χ4n) is 1.50. The summed E-state index contributed by atoms with van der Waals surface area (Å²) in [7, 11) is 0. The van der Waals surface area contributed by atoms with Gasteiger partial charge in [-0.3, -0.25) is 4.79 Å². The highest BCUT2D eigenvalue weighted by Gasteiger charge is 2.07. The average Bonchev–Trinajstić information content (AvgIpc) is 2.34. The maximum absolute atomic E-state index is 12.8. The highest BCUT2D eigenvalue weighted by molar-refractivity contribution is 5.78. The van der Waals surface area contributed by atoms with Gasteiger partial charge in [0.25, 0.3) is 0 Å². The van der Waals surface area contributed by atoms with Gasteiger partial charge in [0, 0.05) is 12.6 Å². The second-order valence-electron chi connectivity index (χ2n) is 4.85. The number of carbonyl (C=O) groups excluding carboxylic acids is 1. The summed E-state index contributed by atoms with van der Waals surface area (Å²) in [5, 5.41) is 5.94. The van der Waals surface area contributed by atoms with Crippen molar-refractivity contribution in [2.24, 2.45) is 5.92 Å². The monoisotopic (exact) mass is 252 g/mol. The zero-order chi connectivity index (χ0) is 13.5. The predicted molar refractivity (Wildman–Crippen MR) is 70.7 cm³/mol. The summed E-state index contributed by atoms with van der Waals surface area (Å²) in [6.07, 6.45) is 0. The maximum Gasteiger partial charge on any atom is 0.233 e. The number of amides is 1. The molecule has 1 amide bonds. The summed E-state index contributed by atoms with van der Waals surface area (Å²) in [5.74, 6) is 0.182. The van der Waals surface area contributed by atoms with Crippen molar-refractivity contribution in [3.8, 4) is 0 Å². The first-order valence-electron chi connectivity index (χ1n) is 6.24. The standard InChI is InChI=1S/C14H21FN2O/c1-10(2)8-17-14(18)9-16-11(3)12-4-6-13(15)7-5-12/h4-7,10-11,16H,8-9H2,1-3H3,(H,17,18)/t11-/m0/s1. The number of hydrogen-bond acceptors (Lipinski definition) is 2. The van der Waals surface area contributed by atoms with Gasteiger partial charge in [-0.25, -0.2) is 4.39 Å². The minimum Gasteiger partial charge on any atom is -0.355 e. The molecule has 1 aromatic rings. The Hall–Kier alpha value is -1.42. The van der Waals surface area contributed by atoms with E-state index < -0.39 is 0 Å². The minimum absolute atomic E-state index is 0.0161. The average molecular weight is 252 g/mol. The van der Waals surface area contributed by atoms with E-state index in [1.807, 2.05) is 6.92 Å². The van der Waals surface area contributed by atoms with Crippen LogP contribution in [0.5, 0.6) is 0 Å². The van der Waals surface area contributed by atoms with E-state index in [-0.39, 0.29) is 24.3 Å². The molecule has 3 nitrogen and oxygen atoms in total. The van der Waals surface area contributed by atoms with Crippen molar-refractivity contribution >= 4 is 5.91 Å². The number of benzene rings is 1. The lowest BCUT2D eigenvalue weighted by atomic mass is 10.1. The molecule has 0 spiro atoms. The van der Waals surface area contributed by atoms with Crippen molar-refractivity contribution in [3.05, 3.63) is 35.6 Å². The summed E-state index contributed by atoms with van der Waals surface area (Å²) >= 11 is 0. The third kappa shape index (κ3) is 5.27. The van der Waals surface area contributed by atoms with Crippen LogP contribution in [0.15, 0.2) is 24.3 Å². The highest BCUT2D eigenvalue weighted by Crippen LogP contribution is 2.12. The molecule has 0 aliphatic heterocycles. The highest BCUT2D eigenvalue weighted by atomic mass is 19.1. The Labute approximate surface area is 108 Å². The second-order valence-corrected chi connectivity index (χ2v) is 4.85. The van der Waals surface area contributed by atoms with Crippen molar-refractivity contribution in [3.63, 3.8) is 0 Å². The summed E-state index contributed by atoms with van der Waals surface area (Å²) in [5.41, 5.74) is 0.966. The molecule has 0 bridgehead atoms. The van der Waals surface area contributed by atoms with Crippen molar-refractivity contribution in [1.82, 2.24) is 10.6 Å². The smallest absolute Gasteiger partial charge is 0.233 e. The molecule has 0 aromatic heterocycles. The van der Waals surface area contributed by atoms with Gasteiger partial charge in [0.2, 0.25) is 5.91 Å². The fourth-order valence-corrected chi connectivity index (χ4v) is 1.50. The molecule has 0 fully saturated rings. The van der Waals surface area contributed by atoms with Gasteiger partial charge in [0.05, 0.1) is 6.54 Å². The second kappa shape index (κ2) is 7.11. The third-order valence-corrected chi connectivity index (χ3v) is 2.65. The van der Waals surface area contributed by atoms with Crippen LogP contribution >= 0.6 is 0 Å². The molecule has 1 atom stereocenters. The van der Waals surface area contributed by atoms with E-state index in [0.29, 0.717) is 12.5 Å². The molecule has 100 valence electrons. The van der Waals surface area contributed by atoms with Gasteiger partial charge in [-0.05, 0) is 30.5 Å². The summed E-state index contributed by atoms with van der Waals surface area (Å²) in [6, 6.07) is 6.31. The first-order valence-corrected chi connectivity index (χ1v) is 6.24. The number of nitrogens with one attached hydrogen (secondary N) is 2. The van der Waals surface area contributed by atoms with Crippen molar-refractivity contribution in [2.75, 3.05) is 13.1 Å². The molecule has 1 rings (SSSR count). The van der Waals surface area contributed by atoms with Crippen LogP contribution in [-0.2, 0) is 4.79 Å². The van der Waals surface area contributed by atoms with Gasteiger partial charge in [-0.15, -0.1) is 0 Å². The summed E-state index contributed by atoms with van der Waals surface area (Å²) in [6.45, 7) is 7.00. The molecular formula is C14H21FN2O. The molecular weight excluding hydrogens is 231 g/mol. The molecule has 0 aliphatic rings. The van der Waals surface area contributed by atoms with Gasteiger partial charge in [-0.2, -0.15) is 0 Å². The molecule has 2 N–H and O–H groups in total. The Kier molecular flexibility index (Phi) is 5.78. The van der Waals surface area contributed by atoms with E-state index in [1.54, 1.807) is 12.1 Å². The molecule has 0 unspecified atom stereocenters. The summed E-state index contributed by atoms with van der Waals surface area (Å²) in [4.78, 5) is 11.5. The van der Waals surface area contributed by atoms with Gasteiger partial charge in [0.1, 0.15) is 5.82 Å². The number of carbonyl (C=O) groups is 1. The molecule has 4 heteroatoms. The zero-order valence-electron chi connectivity index (χ0n) is 11.2. The molecule has 1 aromatic carbocycles. The normalized spacial score (nSPS) is 12.5. The molecule has 0 radical (unpaired) electrons. The Bertz CT molecular complexity index is 376. The van der Waals surface area contributed by atoms with Crippen LogP contribution < -0.4 is 10.6 Å². The predicted octanol–water partition coefficient (Wildman–Crippen LogP) is 2.25. The number of hydrogen-bond donors (Lipinski definition) is 2. The van der Waals surface area contributed by atoms with Crippen LogP contribution in [0.2, 0.25) is 0 Å². The van der Waals surface area contributed by atoms with E-state index >= 15 is 0 Å². The van der Waals surface area contributed by atoms with E-state index in [2.05, 4.69) is 24.5 Å². The van der Waals surface area contributed by atoms with Crippen molar-refractivity contribution in [1.29, 1.82) is 0 Å². The number of rotatable bonds is 6. The quantitative estimate of drug-likeness (QED) is 0.815. The lowest BCUT2D eigenvalue weighted by Crippen LogP contribution is -2.36. The van der Waals surface area contributed by atoms with E-state index in [9.17, 15) is 9.18 Å². The van der Waals surface area contributed by atoms with Crippen molar-refractivity contribution < 1.29 is 9.18 Å². The van der Waals surface area contributed by atoms with Crippen LogP contribution in [0.1, 0.15) is 32.4 Å². The minimum atomic E-state index is -0.249. The fraction of sp³-hybridized carbons (Fsp3) is 0.500. The molecule has 0 aliphatic carbocycles. The van der Waals surface area contributed by atoms with E-state index in [1.165, 1.54) is 12.1 Å². The van der Waals surface area contributed by atoms with Gasteiger partial charge < -0.3 is 10.6 Å². The topological polar surface area (TPSA) is 41.1 Å². The first-order chi connectivity index (χ1) is 8.49. The van der Waals surface area contributed by atoms with Crippen LogP contribution in [0.25, 0.3) is 0 Å². The van der Waals surface area contributed by atoms with Crippen LogP contribution in [0.3, 0.4) is 0 Å². The largest absolute Gasteiger partial charge is 0.355 e. The van der Waals surface area contributed by atoms with Crippen molar-refractivity contribution in [2.45, 2.75) is 26.8 Å². The Morgan fingerprint density at radius 2 is 1.83 bits per heavy atom. The van der Waals surface area contributed by atoms with Gasteiger partial charge in [-0.1, -0.05) is 26.0 Å². The third-order valence-electron chi connectivity index (χ3n) is 2.65. The van der Waals surface area contributed by atoms with Crippen LogP contribution in [-0.4, -0.2) is 19.0 Å². The number of halogens is 1. The Balaban J connectivity index is 2.34. The van der Waals surface area contributed by atoms with E-state index in [0.717, 1.165) is 5.56 Å². The molecule has 0 saturated heterocycles. The lowest BCUT2D eigenvalue weighted by Gasteiger charge is -2.14. The Morgan fingerprint density at radius 1 is 1.22 bits per heavy atom. The van der Waals surface area contributed by atoms with Crippen LogP contribution in [0.4, 0.5) is 4.39 Å². The SMILES string of the molecule is CC(C)CNC(=O)CN[C@@H](C)c1ccc(F)cc1. The zero-order valence-corrected chi connectivity index (χ0v) is 11.2. The summed E-state index contributed by atoms with van der Waals surface area (Å²) < 4.78 is 12.8. The van der Waals surface area contributed by atoms with Gasteiger partial charge >= 0.3 is 0 Å². The van der Waals surface area contributed by atoms with E-state index in [4.69, 9.17) is 0 Å². The van der Waals surface area contributed by atoms with Gasteiger partial charge in [0.15, 0.2) is 0 Å². The Morgan fingerprint density at radius 3 is 2.39 bits per heavy atom. The molecule has 18 heavy (non-hydrogen) atoms. The molecule has 0 saturated carbocycles. The maximum atomic E-state index is 12.8. The lowest BCUT2D eigenvalue weighted by molar-refractivity contribution is -0.120. The first kappa shape index (κ1) is 14.6.